The van der Waals surface area contributed by atoms with E-state index in [1.54, 1.807) is 24.3 Å². The number of nitrogens with one attached hydrogen (secondary N) is 3. The molecule has 7 heteroatoms. The summed E-state index contributed by atoms with van der Waals surface area (Å²) >= 11 is 1.77. The summed E-state index contributed by atoms with van der Waals surface area (Å²) in [6.45, 7) is 2.65. The molecule has 5 rings (SSSR count). The Morgan fingerprint density at radius 2 is 1.41 bits per heavy atom. The number of imidazole rings is 1. The minimum atomic E-state index is -0.722. The second-order valence-electron chi connectivity index (χ2n) is 10.2. The Kier molecular flexibility index (Phi) is 9.70. The van der Waals surface area contributed by atoms with E-state index in [0.29, 0.717) is 25.8 Å². The highest BCUT2D eigenvalue weighted by Crippen LogP contribution is 2.26. The number of hydrogen-bond acceptors (Lipinski definition) is 4. The molecule has 4 aromatic carbocycles. The van der Waals surface area contributed by atoms with Gasteiger partial charge in [0.2, 0.25) is 11.8 Å². The zero-order chi connectivity index (χ0) is 28.4. The number of benzene rings is 4. The third-order valence-corrected chi connectivity index (χ3v) is 8.32. The van der Waals surface area contributed by atoms with E-state index in [1.165, 1.54) is 0 Å². The third kappa shape index (κ3) is 7.35. The molecule has 0 aliphatic rings. The van der Waals surface area contributed by atoms with Crippen molar-refractivity contribution in [3.05, 3.63) is 114 Å². The Hall–Kier alpha value is -4.10. The maximum Gasteiger partial charge on any atom is 0.243 e. The number of nitrogens with zero attached hydrogens (tertiary/aromatic N) is 1. The number of rotatable bonds is 13. The average molecular weight is 565 g/mol. The number of H-pyrrole nitrogens is 1. The van der Waals surface area contributed by atoms with Gasteiger partial charge in [0.05, 0.1) is 12.0 Å². The predicted molar refractivity (Wildman–Crippen MR) is 169 cm³/mol. The lowest BCUT2D eigenvalue weighted by Gasteiger charge is -2.23. The summed E-state index contributed by atoms with van der Waals surface area (Å²) in [5.74, 6) is 1.12. The van der Waals surface area contributed by atoms with E-state index in [4.69, 9.17) is 0 Å². The van der Waals surface area contributed by atoms with Crippen LogP contribution in [-0.4, -0.2) is 45.9 Å². The summed E-state index contributed by atoms with van der Waals surface area (Å²) in [4.78, 5) is 34.7. The molecule has 0 saturated heterocycles. The Balaban J connectivity index is 1.44. The van der Waals surface area contributed by atoms with E-state index in [0.717, 1.165) is 49.9 Å². The van der Waals surface area contributed by atoms with Crippen LogP contribution in [0.3, 0.4) is 0 Å². The first-order valence-corrected chi connectivity index (χ1v) is 15.3. The normalized spacial score (nSPS) is 12.0. The predicted octanol–water partition coefficient (Wildman–Crippen LogP) is 5.71. The van der Waals surface area contributed by atoms with Crippen LogP contribution in [0, 0.1) is 5.92 Å². The molecule has 1 atom stereocenters. The number of fused-ring (bicyclic) bond motifs is 2. The second kappa shape index (κ2) is 14.0. The van der Waals surface area contributed by atoms with Crippen LogP contribution in [0.15, 0.2) is 97.5 Å². The van der Waals surface area contributed by atoms with Crippen LogP contribution in [0.5, 0.6) is 0 Å². The average Bonchev–Trinajstić information content (AvgIpc) is 3.52. The van der Waals surface area contributed by atoms with Crippen molar-refractivity contribution >= 4 is 45.1 Å². The molecular weight excluding hydrogens is 528 g/mol. The first-order chi connectivity index (χ1) is 20.1. The molecule has 1 aromatic heterocycles. The van der Waals surface area contributed by atoms with Crippen molar-refractivity contribution in [2.45, 2.75) is 32.2 Å². The van der Waals surface area contributed by atoms with E-state index in [-0.39, 0.29) is 17.7 Å². The minimum Gasteiger partial charge on any atom is -0.353 e. The highest BCUT2D eigenvalue weighted by atomic mass is 32.2. The number of thioether (sulfide) groups is 1. The molecular formula is C34H36N4O2S. The summed E-state index contributed by atoms with van der Waals surface area (Å²) in [7, 11) is 0. The van der Waals surface area contributed by atoms with Gasteiger partial charge in [-0.2, -0.15) is 11.8 Å². The lowest BCUT2D eigenvalue weighted by Crippen LogP contribution is -2.50. The van der Waals surface area contributed by atoms with Gasteiger partial charge >= 0.3 is 0 Å². The molecule has 3 N–H and O–H groups in total. The zero-order valence-electron chi connectivity index (χ0n) is 23.3. The minimum absolute atomic E-state index is 0.135. The molecule has 1 unspecified atom stereocenters. The smallest absolute Gasteiger partial charge is 0.243 e. The number of hydrogen-bond donors (Lipinski definition) is 3. The summed E-state index contributed by atoms with van der Waals surface area (Å²) in [6, 6.07) is 28.3. The molecule has 41 heavy (non-hydrogen) atoms. The first kappa shape index (κ1) is 28.4. The molecule has 0 bridgehead atoms. The van der Waals surface area contributed by atoms with Crippen LogP contribution in [0.4, 0.5) is 0 Å². The van der Waals surface area contributed by atoms with Crippen molar-refractivity contribution in [2.24, 2.45) is 5.92 Å². The van der Waals surface area contributed by atoms with Gasteiger partial charge in [-0.25, -0.2) is 4.98 Å². The Morgan fingerprint density at radius 1 is 0.805 bits per heavy atom. The van der Waals surface area contributed by atoms with Gasteiger partial charge in [-0.3, -0.25) is 9.59 Å². The molecule has 6 nitrogen and oxygen atoms in total. The Morgan fingerprint density at radius 3 is 2.00 bits per heavy atom. The summed E-state index contributed by atoms with van der Waals surface area (Å²) < 4.78 is 0. The summed E-state index contributed by atoms with van der Waals surface area (Å²) in [5, 5.41) is 10.7. The fourth-order valence-electron chi connectivity index (χ4n) is 5.35. The zero-order valence-corrected chi connectivity index (χ0v) is 24.1. The molecule has 210 valence electrons. The van der Waals surface area contributed by atoms with Crippen molar-refractivity contribution in [3.63, 3.8) is 0 Å². The lowest BCUT2D eigenvalue weighted by atomic mass is 9.87. The molecule has 0 saturated carbocycles. The highest BCUT2D eigenvalue weighted by molar-refractivity contribution is 7.99. The third-order valence-electron chi connectivity index (χ3n) is 7.41. The number of carbonyl (C=O) groups excluding carboxylic acids is 2. The molecule has 0 radical (unpaired) electrons. The first-order valence-electron chi connectivity index (χ1n) is 14.2. The highest BCUT2D eigenvalue weighted by Gasteiger charge is 2.27. The topological polar surface area (TPSA) is 86.9 Å². The van der Waals surface area contributed by atoms with E-state index in [1.807, 2.05) is 36.4 Å². The second-order valence-corrected chi connectivity index (χ2v) is 11.6. The standard InChI is InChI=1S/C34H36N4O2S/c1-2-41-18-17-36-34(40)32(21-29-22-35-23-37-29)38-33(39)28(19-26-13-7-11-24-9-3-5-15-30(24)26)20-27-14-8-12-25-10-4-6-16-31(25)27/h3-16,22-23,28,32H,2,17-21H2,1H3,(H,35,37)(H,36,40)(H,38,39). The largest absolute Gasteiger partial charge is 0.353 e. The number of aromatic amines is 1. The van der Waals surface area contributed by atoms with Crippen molar-refractivity contribution in [2.75, 3.05) is 18.1 Å². The van der Waals surface area contributed by atoms with Gasteiger partial charge in [0.1, 0.15) is 6.04 Å². The van der Waals surface area contributed by atoms with Crippen molar-refractivity contribution in [3.8, 4) is 0 Å². The maximum atomic E-state index is 14.1. The molecule has 0 fully saturated rings. The lowest BCUT2D eigenvalue weighted by molar-refractivity contribution is -0.131. The monoisotopic (exact) mass is 564 g/mol. The molecule has 5 aromatic rings. The molecule has 0 aliphatic carbocycles. The van der Waals surface area contributed by atoms with Gasteiger partial charge in [-0.1, -0.05) is 91.9 Å². The van der Waals surface area contributed by atoms with Gasteiger partial charge in [0.25, 0.3) is 0 Å². The van der Waals surface area contributed by atoms with Gasteiger partial charge in [0.15, 0.2) is 0 Å². The molecule has 1 heterocycles. The van der Waals surface area contributed by atoms with Crippen molar-refractivity contribution in [1.29, 1.82) is 0 Å². The summed E-state index contributed by atoms with van der Waals surface area (Å²) in [5.41, 5.74) is 2.97. The van der Waals surface area contributed by atoms with E-state index < -0.39 is 6.04 Å². The van der Waals surface area contributed by atoms with Gasteiger partial charge in [0, 0.05) is 30.8 Å². The van der Waals surface area contributed by atoms with Crippen LogP contribution < -0.4 is 10.6 Å². The quantitative estimate of drug-likeness (QED) is 0.160. The van der Waals surface area contributed by atoms with E-state index >= 15 is 0 Å². The van der Waals surface area contributed by atoms with Gasteiger partial charge < -0.3 is 15.6 Å². The summed E-state index contributed by atoms with van der Waals surface area (Å²) in [6.07, 6.45) is 4.79. The van der Waals surface area contributed by atoms with Crippen molar-refractivity contribution < 1.29 is 9.59 Å². The van der Waals surface area contributed by atoms with Crippen LogP contribution >= 0.6 is 11.8 Å². The molecule has 2 amide bonds. The maximum absolute atomic E-state index is 14.1. The van der Waals surface area contributed by atoms with Gasteiger partial charge in [-0.15, -0.1) is 0 Å². The SMILES string of the molecule is CCSCCNC(=O)C(Cc1c[nH]cn1)NC(=O)C(Cc1cccc2ccccc12)Cc1cccc2ccccc12. The van der Waals surface area contributed by atoms with E-state index in [2.05, 4.69) is 76.1 Å². The van der Waals surface area contributed by atoms with Crippen LogP contribution in [-0.2, 0) is 28.9 Å². The van der Waals surface area contributed by atoms with Crippen LogP contribution in [0.2, 0.25) is 0 Å². The van der Waals surface area contributed by atoms with Crippen LogP contribution in [0.1, 0.15) is 23.7 Å². The van der Waals surface area contributed by atoms with Crippen LogP contribution in [0.25, 0.3) is 21.5 Å². The van der Waals surface area contributed by atoms with Crippen molar-refractivity contribution in [1.82, 2.24) is 20.6 Å². The number of carbonyl (C=O) groups is 2. The number of amides is 2. The fourth-order valence-corrected chi connectivity index (χ4v) is 5.89. The van der Waals surface area contributed by atoms with E-state index in [9.17, 15) is 9.59 Å². The van der Waals surface area contributed by atoms with Gasteiger partial charge in [-0.05, 0) is 51.3 Å². The Bertz CT molecular complexity index is 1510. The Labute approximate surface area is 245 Å². The molecule has 0 aliphatic heterocycles. The fraction of sp³-hybridized carbons (Fsp3) is 0.265. The molecule has 0 spiro atoms. The number of aromatic nitrogens is 2.